The molecule has 86 valence electrons. The quantitative estimate of drug-likeness (QED) is 0.714. The van der Waals surface area contributed by atoms with Crippen LogP contribution in [0.2, 0.25) is 0 Å². The molecule has 0 aromatic carbocycles. The van der Waals surface area contributed by atoms with Crippen molar-refractivity contribution in [1.29, 1.82) is 0 Å². The van der Waals surface area contributed by atoms with E-state index < -0.39 is 0 Å². The highest BCUT2D eigenvalue weighted by Crippen LogP contribution is 2.14. The Morgan fingerprint density at radius 2 is 2.13 bits per heavy atom. The Morgan fingerprint density at radius 3 is 2.53 bits per heavy atom. The number of carbonyl (C=O) groups is 1. The van der Waals surface area contributed by atoms with Crippen LogP contribution in [-0.2, 0) is 4.79 Å². The summed E-state index contributed by atoms with van der Waals surface area (Å²) < 4.78 is 0. The minimum atomic E-state index is 0.187. The highest BCUT2D eigenvalue weighted by Gasteiger charge is 2.21. The minimum absolute atomic E-state index is 0.187. The first kappa shape index (κ1) is 12.2. The Kier molecular flexibility index (Phi) is 4.33. The third-order valence-corrected chi connectivity index (χ3v) is 3.22. The van der Waals surface area contributed by atoms with Gasteiger partial charge in [0.1, 0.15) is 0 Å². The van der Waals surface area contributed by atoms with Crippen LogP contribution in [0.5, 0.6) is 0 Å². The zero-order valence-electron chi connectivity index (χ0n) is 10.3. The van der Waals surface area contributed by atoms with Crippen molar-refractivity contribution in [2.24, 2.45) is 0 Å². The molecule has 1 aliphatic rings. The molecule has 3 nitrogen and oxygen atoms in total. The summed E-state index contributed by atoms with van der Waals surface area (Å²) in [4.78, 5) is 13.9. The highest BCUT2D eigenvalue weighted by molar-refractivity contribution is 5.94. The molecular formula is C12H22N2O. The van der Waals surface area contributed by atoms with Gasteiger partial charge >= 0.3 is 0 Å². The second-order valence-electron chi connectivity index (χ2n) is 4.39. The summed E-state index contributed by atoms with van der Waals surface area (Å²) in [5.74, 6) is 0.187. The number of hydrogen-bond donors (Lipinski definition) is 1. The molecule has 0 bridgehead atoms. The Balaban J connectivity index is 2.59. The van der Waals surface area contributed by atoms with Crippen LogP contribution in [0.3, 0.4) is 0 Å². The summed E-state index contributed by atoms with van der Waals surface area (Å²) in [6.07, 6.45) is 2.19. The molecule has 1 heterocycles. The fraction of sp³-hybridized carbons (Fsp3) is 0.750. The summed E-state index contributed by atoms with van der Waals surface area (Å²) in [5.41, 5.74) is 2.19. The fourth-order valence-corrected chi connectivity index (χ4v) is 1.74. The molecule has 0 spiro atoms. The fourth-order valence-electron chi connectivity index (χ4n) is 1.74. The lowest BCUT2D eigenvalue weighted by molar-refractivity contribution is -0.127. The van der Waals surface area contributed by atoms with E-state index in [4.69, 9.17) is 0 Å². The van der Waals surface area contributed by atoms with Gasteiger partial charge in [0.2, 0.25) is 5.91 Å². The summed E-state index contributed by atoms with van der Waals surface area (Å²) >= 11 is 0. The molecule has 0 aromatic heterocycles. The monoisotopic (exact) mass is 210 g/mol. The third kappa shape index (κ3) is 2.81. The molecule has 0 aromatic rings. The molecule has 1 saturated heterocycles. The Morgan fingerprint density at radius 1 is 1.53 bits per heavy atom. The molecule has 1 atom stereocenters. The van der Waals surface area contributed by atoms with Crippen molar-refractivity contribution >= 4 is 5.91 Å². The lowest BCUT2D eigenvalue weighted by Gasteiger charge is -2.28. The van der Waals surface area contributed by atoms with Gasteiger partial charge in [0.05, 0.1) is 0 Å². The first-order valence-corrected chi connectivity index (χ1v) is 5.74. The van der Waals surface area contributed by atoms with E-state index in [1.54, 1.807) is 0 Å². The summed E-state index contributed by atoms with van der Waals surface area (Å²) in [7, 11) is 1.90. The van der Waals surface area contributed by atoms with Crippen LogP contribution in [0.1, 0.15) is 33.6 Å². The molecule has 0 radical (unpaired) electrons. The first-order valence-electron chi connectivity index (χ1n) is 5.74. The lowest BCUT2D eigenvalue weighted by Crippen LogP contribution is -2.40. The van der Waals surface area contributed by atoms with Gasteiger partial charge in [-0.1, -0.05) is 13.3 Å². The lowest BCUT2D eigenvalue weighted by atomic mass is 10.0. The van der Waals surface area contributed by atoms with E-state index >= 15 is 0 Å². The van der Waals surface area contributed by atoms with E-state index in [0.717, 1.165) is 31.5 Å². The normalized spacial score (nSPS) is 16.9. The summed E-state index contributed by atoms with van der Waals surface area (Å²) in [6, 6.07) is 0.339. The van der Waals surface area contributed by atoms with Crippen molar-refractivity contribution in [1.82, 2.24) is 10.2 Å². The standard InChI is InChI=1S/C12H22N2O/c1-5-6-9(2)14(4)12(15)10(3)11-7-13-8-11/h9,13H,5-8H2,1-4H3. The van der Waals surface area contributed by atoms with Crippen LogP contribution in [-0.4, -0.2) is 37.0 Å². The largest absolute Gasteiger partial charge is 0.339 e. The topological polar surface area (TPSA) is 32.3 Å². The molecule has 0 aliphatic carbocycles. The smallest absolute Gasteiger partial charge is 0.249 e. The van der Waals surface area contributed by atoms with Crippen molar-refractivity contribution in [2.75, 3.05) is 20.1 Å². The maximum Gasteiger partial charge on any atom is 0.249 e. The molecule has 1 amide bonds. The number of amides is 1. The number of rotatable bonds is 4. The Labute approximate surface area is 92.5 Å². The van der Waals surface area contributed by atoms with E-state index in [-0.39, 0.29) is 5.91 Å². The van der Waals surface area contributed by atoms with Gasteiger partial charge in [-0.3, -0.25) is 4.79 Å². The van der Waals surface area contributed by atoms with Crippen LogP contribution in [0.25, 0.3) is 0 Å². The van der Waals surface area contributed by atoms with Gasteiger partial charge in [-0.05, 0) is 25.8 Å². The van der Waals surface area contributed by atoms with Crippen molar-refractivity contribution in [3.8, 4) is 0 Å². The van der Waals surface area contributed by atoms with Crippen LogP contribution < -0.4 is 5.32 Å². The second-order valence-corrected chi connectivity index (χ2v) is 4.39. The zero-order chi connectivity index (χ0) is 11.4. The average Bonchev–Trinajstić information content (AvgIpc) is 2.13. The van der Waals surface area contributed by atoms with Crippen LogP contribution >= 0.6 is 0 Å². The van der Waals surface area contributed by atoms with E-state index in [9.17, 15) is 4.79 Å². The van der Waals surface area contributed by atoms with Gasteiger partial charge in [0.15, 0.2) is 0 Å². The minimum Gasteiger partial charge on any atom is -0.339 e. The molecule has 1 N–H and O–H groups in total. The van der Waals surface area contributed by atoms with E-state index in [1.807, 2.05) is 18.9 Å². The molecule has 15 heavy (non-hydrogen) atoms. The molecule has 1 rings (SSSR count). The Hall–Kier alpha value is -0.830. The molecule has 1 fully saturated rings. The van der Waals surface area contributed by atoms with Gasteiger partial charge < -0.3 is 10.2 Å². The zero-order valence-corrected chi connectivity index (χ0v) is 10.3. The first-order chi connectivity index (χ1) is 7.07. The molecule has 1 aliphatic heterocycles. The number of carbonyl (C=O) groups excluding carboxylic acids is 1. The maximum absolute atomic E-state index is 12.0. The van der Waals surface area contributed by atoms with Crippen molar-refractivity contribution in [3.05, 3.63) is 11.1 Å². The number of likely N-dealkylation sites (N-methyl/N-ethyl adjacent to an activating group) is 1. The second kappa shape index (κ2) is 5.31. The van der Waals surface area contributed by atoms with Crippen molar-refractivity contribution in [2.45, 2.75) is 39.7 Å². The predicted molar refractivity (Wildman–Crippen MR) is 62.7 cm³/mol. The van der Waals surface area contributed by atoms with Crippen LogP contribution in [0, 0.1) is 0 Å². The van der Waals surface area contributed by atoms with Gasteiger partial charge in [0.25, 0.3) is 0 Å². The van der Waals surface area contributed by atoms with Crippen LogP contribution in [0.15, 0.2) is 11.1 Å². The van der Waals surface area contributed by atoms with Gasteiger partial charge in [-0.15, -0.1) is 0 Å². The highest BCUT2D eigenvalue weighted by atomic mass is 16.2. The van der Waals surface area contributed by atoms with Crippen LogP contribution in [0.4, 0.5) is 0 Å². The number of nitrogens with zero attached hydrogens (tertiary/aromatic N) is 1. The summed E-state index contributed by atoms with van der Waals surface area (Å²) in [6.45, 7) is 7.96. The van der Waals surface area contributed by atoms with E-state index in [0.29, 0.717) is 6.04 Å². The SMILES string of the molecule is CCCC(C)N(C)C(=O)C(C)=C1CNC1. The van der Waals surface area contributed by atoms with Crippen molar-refractivity contribution in [3.63, 3.8) is 0 Å². The van der Waals surface area contributed by atoms with E-state index in [1.165, 1.54) is 5.57 Å². The van der Waals surface area contributed by atoms with Gasteiger partial charge in [0, 0.05) is 31.8 Å². The van der Waals surface area contributed by atoms with E-state index in [2.05, 4.69) is 19.2 Å². The average molecular weight is 210 g/mol. The maximum atomic E-state index is 12.0. The predicted octanol–water partition coefficient (Wildman–Crippen LogP) is 1.55. The Bertz CT molecular complexity index is 265. The number of nitrogens with one attached hydrogen (secondary N) is 1. The van der Waals surface area contributed by atoms with Crippen molar-refractivity contribution < 1.29 is 4.79 Å². The van der Waals surface area contributed by atoms with Gasteiger partial charge in [-0.2, -0.15) is 0 Å². The third-order valence-electron chi connectivity index (χ3n) is 3.22. The molecule has 1 unspecified atom stereocenters. The number of hydrogen-bond acceptors (Lipinski definition) is 2. The summed E-state index contributed by atoms with van der Waals surface area (Å²) in [5, 5.41) is 3.16. The molecular weight excluding hydrogens is 188 g/mol. The molecule has 3 heteroatoms. The van der Waals surface area contributed by atoms with Gasteiger partial charge in [-0.25, -0.2) is 0 Å². The molecule has 0 saturated carbocycles.